The molecule has 0 spiro atoms. The smallest absolute Gasteiger partial charge is 0.0794 e. The predicted molar refractivity (Wildman–Crippen MR) is 110 cm³/mol. The van der Waals surface area contributed by atoms with Crippen LogP contribution < -0.4 is 5.19 Å². The molecule has 0 saturated carbocycles. The normalized spacial score (nSPS) is 12.2. The molecule has 0 bridgehead atoms. The van der Waals surface area contributed by atoms with E-state index < -0.39 is 8.07 Å². The maximum atomic E-state index is 4.66. The molecule has 0 saturated heterocycles. The van der Waals surface area contributed by atoms with Gasteiger partial charge in [0.15, 0.2) is 0 Å². The highest BCUT2D eigenvalue weighted by molar-refractivity contribution is 7.28. The molecule has 2 heterocycles. The molecule has 1 nitrogen and oxygen atoms in total. The first-order chi connectivity index (χ1) is 11.4. The van der Waals surface area contributed by atoms with Gasteiger partial charge in [-0.1, -0.05) is 62.1 Å². The van der Waals surface area contributed by atoms with Gasteiger partial charge in [-0.2, -0.15) is 0 Å². The van der Waals surface area contributed by atoms with Crippen LogP contribution in [0.2, 0.25) is 19.6 Å². The van der Waals surface area contributed by atoms with E-state index in [1.807, 2.05) is 17.5 Å². The monoisotopic (exact) mass is 347 g/mol. The summed E-state index contributed by atoms with van der Waals surface area (Å²) in [5.41, 5.74) is 3.51. The Bertz CT molecular complexity index is 1040. The minimum Gasteiger partial charge on any atom is -0.256 e. The van der Waals surface area contributed by atoms with Crippen LogP contribution in [0.25, 0.3) is 31.4 Å². The number of aromatic nitrogens is 1. The quantitative estimate of drug-likeness (QED) is 0.407. The van der Waals surface area contributed by atoms with E-state index in [0.29, 0.717) is 0 Å². The molecule has 0 atom stereocenters. The van der Waals surface area contributed by atoms with Crippen LogP contribution in [0.15, 0.2) is 54.7 Å². The van der Waals surface area contributed by atoms with Crippen LogP contribution >= 0.6 is 11.3 Å². The molecular formula is C21H21NSSi. The van der Waals surface area contributed by atoms with Gasteiger partial charge in [0.05, 0.1) is 13.8 Å². The van der Waals surface area contributed by atoms with Crippen molar-refractivity contribution in [2.45, 2.75) is 26.6 Å². The summed E-state index contributed by atoms with van der Waals surface area (Å²) >= 11 is 1.94. The largest absolute Gasteiger partial charge is 0.256 e. The van der Waals surface area contributed by atoms with Crippen molar-refractivity contribution in [1.82, 2.24) is 4.98 Å². The fourth-order valence-corrected chi connectivity index (χ4v) is 6.96. The predicted octanol–water partition coefficient (Wildman–Crippen LogP) is 5.97. The zero-order valence-electron chi connectivity index (χ0n) is 14.6. The summed E-state index contributed by atoms with van der Waals surface area (Å²) < 4.78 is 2.82. The Morgan fingerprint density at radius 1 is 0.833 bits per heavy atom. The van der Waals surface area contributed by atoms with E-state index in [4.69, 9.17) is 0 Å². The number of hydrogen-bond acceptors (Lipinski definition) is 2. The number of fused-ring (bicyclic) bond motifs is 3. The molecule has 4 rings (SSSR count). The zero-order valence-corrected chi connectivity index (χ0v) is 16.4. The molecule has 4 aromatic rings. The summed E-state index contributed by atoms with van der Waals surface area (Å²) in [7, 11) is -1.37. The van der Waals surface area contributed by atoms with Gasteiger partial charge < -0.3 is 0 Å². The molecule has 0 aliphatic heterocycles. The Morgan fingerprint density at radius 3 is 2.21 bits per heavy atom. The van der Waals surface area contributed by atoms with Gasteiger partial charge in [0, 0.05) is 31.9 Å². The van der Waals surface area contributed by atoms with Gasteiger partial charge in [-0.15, -0.1) is 11.3 Å². The van der Waals surface area contributed by atoms with Crippen molar-refractivity contribution >= 4 is 44.8 Å². The van der Waals surface area contributed by atoms with Gasteiger partial charge in [-0.3, -0.25) is 4.98 Å². The number of aryl methyl sites for hydroxylation is 1. The van der Waals surface area contributed by atoms with Crippen molar-refractivity contribution in [1.29, 1.82) is 0 Å². The topological polar surface area (TPSA) is 12.9 Å². The second-order valence-electron chi connectivity index (χ2n) is 7.44. The molecule has 3 heteroatoms. The highest BCUT2D eigenvalue weighted by Crippen LogP contribution is 2.39. The van der Waals surface area contributed by atoms with Crippen molar-refractivity contribution < 1.29 is 0 Å². The lowest BCUT2D eigenvalue weighted by atomic mass is 10.1. The standard InChI is InChI=1S/C21H21NSSi/c1-14-11-12-18(22-13-14)17-9-5-7-15-16-8-6-10-19(24(2,3)4)21(16)23-20(15)17/h5-13H,1-4H3. The van der Waals surface area contributed by atoms with Crippen molar-refractivity contribution in [3.63, 3.8) is 0 Å². The van der Waals surface area contributed by atoms with E-state index >= 15 is 0 Å². The Hall–Kier alpha value is -1.97. The third-order valence-electron chi connectivity index (χ3n) is 4.52. The average molecular weight is 348 g/mol. The Morgan fingerprint density at radius 2 is 1.54 bits per heavy atom. The first-order valence-corrected chi connectivity index (χ1v) is 12.6. The van der Waals surface area contributed by atoms with Crippen LogP contribution in [-0.4, -0.2) is 13.1 Å². The number of rotatable bonds is 2. The van der Waals surface area contributed by atoms with Gasteiger partial charge in [-0.05, 0) is 23.7 Å². The van der Waals surface area contributed by atoms with Crippen LogP contribution in [-0.2, 0) is 0 Å². The lowest BCUT2D eigenvalue weighted by Gasteiger charge is -2.17. The van der Waals surface area contributed by atoms with Crippen LogP contribution in [0.4, 0.5) is 0 Å². The minimum absolute atomic E-state index is 1.06. The Kier molecular flexibility index (Phi) is 3.59. The zero-order chi connectivity index (χ0) is 16.9. The van der Waals surface area contributed by atoms with Gasteiger partial charge in [0.1, 0.15) is 0 Å². The highest BCUT2D eigenvalue weighted by atomic mass is 32.1. The summed E-state index contributed by atoms with van der Waals surface area (Å²) in [6, 6.07) is 17.7. The number of benzene rings is 2. The first-order valence-electron chi connectivity index (χ1n) is 8.33. The van der Waals surface area contributed by atoms with E-state index in [1.165, 1.54) is 31.3 Å². The second kappa shape index (κ2) is 5.54. The summed E-state index contributed by atoms with van der Waals surface area (Å²) in [6.07, 6.45) is 1.95. The fourth-order valence-electron chi connectivity index (χ4n) is 3.24. The molecular weight excluding hydrogens is 326 g/mol. The van der Waals surface area contributed by atoms with Gasteiger partial charge >= 0.3 is 0 Å². The fraction of sp³-hybridized carbons (Fsp3) is 0.190. The molecule has 2 aromatic carbocycles. The summed E-state index contributed by atoms with van der Waals surface area (Å²) in [5, 5.41) is 4.31. The number of thiophene rings is 1. The number of nitrogens with zero attached hydrogens (tertiary/aromatic N) is 1. The Labute approximate surface area is 148 Å². The lowest BCUT2D eigenvalue weighted by molar-refractivity contribution is 1.27. The number of hydrogen-bond donors (Lipinski definition) is 0. The maximum absolute atomic E-state index is 4.66. The van der Waals surface area contributed by atoms with Crippen molar-refractivity contribution in [3.05, 3.63) is 60.3 Å². The lowest BCUT2D eigenvalue weighted by Crippen LogP contribution is -2.37. The molecule has 0 N–H and O–H groups in total. The molecule has 0 aliphatic rings. The molecule has 24 heavy (non-hydrogen) atoms. The van der Waals surface area contributed by atoms with Crippen molar-refractivity contribution in [2.24, 2.45) is 0 Å². The molecule has 2 aromatic heterocycles. The summed E-state index contributed by atoms with van der Waals surface area (Å²) in [5.74, 6) is 0. The van der Waals surface area contributed by atoms with E-state index in [9.17, 15) is 0 Å². The highest BCUT2D eigenvalue weighted by Gasteiger charge is 2.21. The number of pyridine rings is 1. The van der Waals surface area contributed by atoms with E-state index in [1.54, 1.807) is 5.19 Å². The minimum atomic E-state index is -1.37. The van der Waals surface area contributed by atoms with Gasteiger partial charge in [-0.25, -0.2) is 0 Å². The van der Waals surface area contributed by atoms with Crippen LogP contribution in [0, 0.1) is 6.92 Å². The van der Waals surface area contributed by atoms with Gasteiger partial charge in [0.2, 0.25) is 0 Å². The SMILES string of the molecule is Cc1ccc(-c2cccc3c2sc2c([Si](C)(C)C)cccc23)nc1. The third kappa shape index (κ3) is 2.48. The Balaban J connectivity index is 2.06. The molecule has 0 radical (unpaired) electrons. The van der Waals surface area contributed by atoms with Crippen LogP contribution in [0.5, 0.6) is 0 Å². The van der Waals surface area contributed by atoms with Crippen molar-refractivity contribution in [2.75, 3.05) is 0 Å². The molecule has 0 fully saturated rings. The van der Waals surface area contributed by atoms with Gasteiger partial charge in [0.25, 0.3) is 0 Å². The summed E-state index contributed by atoms with van der Waals surface area (Å²) in [6.45, 7) is 9.36. The molecule has 120 valence electrons. The third-order valence-corrected chi connectivity index (χ3v) is 8.02. The molecule has 0 amide bonds. The van der Waals surface area contributed by atoms with Crippen LogP contribution in [0.1, 0.15) is 5.56 Å². The first kappa shape index (κ1) is 15.5. The van der Waals surface area contributed by atoms with E-state index in [2.05, 4.69) is 80.1 Å². The van der Waals surface area contributed by atoms with E-state index in [0.717, 1.165) is 5.69 Å². The summed E-state index contributed by atoms with van der Waals surface area (Å²) in [4.78, 5) is 4.66. The maximum Gasteiger partial charge on any atom is 0.0794 e. The van der Waals surface area contributed by atoms with E-state index in [-0.39, 0.29) is 0 Å². The molecule has 0 unspecified atom stereocenters. The molecule has 0 aliphatic carbocycles. The van der Waals surface area contributed by atoms with Crippen LogP contribution in [0.3, 0.4) is 0 Å². The second-order valence-corrected chi connectivity index (χ2v) is 13.5. The average Bonchev–Trinajstić information content (AvgIpc) is 2.93. The van der Waals surface area contributed by atoms with Crippen molar-refractivity contribution in [3.8, 4) is 11.3 Å².